The first-order valence-electron chi connectivity index (χ1n) is 12.3. The van der Waals surface area contributed by atoms with Gasteiger partial charge in [0, 0.05) is 43.2 Å². The van der Waals surface area contributed by atoms with Crippen molar-refractivity contribution in [3.05, 3.63) is 54.0 Å². The van der Waals surface area contributed by atoms with Crippen molar-refractivity contribution < 1.29 is 13.4 Å². The summed E-state index contributed by atoms with van der Waals surface area (Å²) in [6.45, 7) is 7.65. The summed E-state index contributed by atoms with van der Waals surface area (Å²) in [6.07, 6.45) is 6.87. The van der Waals surface area contributed by atoms with Crippen LogP contribution in [0.2, 0.25) is 0 Å². The number of thioether (sulfide) groups is 1. The van der Waals surface area contributed by atoms with Crippen molar-refractivity contribution in [3.8, 4) is 5.75 Å². The van der Waals surface area contributed by atoms with Gasteiger partial charge in [-0.3, -0.25) is 4.90 Å². The molecule has 0 saturated carbocycles. The van der Waals surface area contributed by atoms with Gasteiger partial charge in [-0.1, -0.05) is 19.1 Å². The number of nitrogens with zero attached hydrogens (tertiary/aromatic N) is 3. The molecule has 2 aliphatic heterocycles. The van der Waals surface area contributed by atoms with Gasteiger partial charge in [-0.15, -0.1) is 8.80 Å². The van der Waals surface area contributed by atoms with Crippen LogP contribution in [0.1, 0.15) is 37.3 Å². The maximum atomic E-state index is 11.8. The van der Waals surface area contributed by atoms with Crippen LogP contribution in [0.3, 0.4) is 0 Å². The van der Waals surface area contributed by atoms with E-state index in [9.17, 15) is 4.21 Å². The molecule has 2 aromatic rings. The van der Waals surface area contributed by atoms with Crippen LogP contribution in [-0.4, -0.2) is 59.3 Å². The second-order valence-corrected chi connectivity index (χ2v) is 10.9. The fraction of sp³-hybridized carbons (Fsp3) is 0.520. The molecule has 1 saturated heterocycles. The quantitative estimate of drug-likeness (QED) is 0.414. The van der Waals surface area contributed by atoms with Crippen molar-refractivity contribution >= 4 is 34.6 Å². The molecule has 8 nitrogen and oxygen atoms in total. The van der Waals surface area contributed by atoms with Gasteiger partial charge in [-0.2, -0.15) is 11.8 Å². The van der Waals surface area contributed by atoms with Crippen LogP contribution in [-0.2, 0) is 23.5 Å². The van der Waals surface area contributed by atoms with Crippen LogP contribution in [0.5, 0.6) is 5.75 Å². The van der Waals surface area contributed by atoms with Crippen LogP contribution in [0.25, 0.3) is 0 Å². The van der Waals surface area contributed by atoms with Gasteiger partial charge in [0.1, 0.15) is 5.75 Å². The minimum absolute atomic E-state index is 0.556. The maximum absolute atomic E-state index is 11.8. The minimum atomic E-state index is -1.56. The van der Waals surface area contributed by atoms with Crippen LogP contribution < -0.4 is 15.4 Å². The first kappa shape index (κ1) is 25.8. The molecule has 190 valence electrons. The monoisotopic (exact) mass is 517 g/mol. The summed E-state index contributed by atoms with van der Waals surface area (Å²) < 4.78 is 31.0. The van der Waals surface area contributed by atoms with E-state index < -0.39 is 11.2 Å². The summed E-state index contributed by atoms with van der Waals surface area (Å²) in [4.78, 5) is 2.54. The highest BCUT2D eigenvalue weighted by atomic mass is 32.2. The summed E-state index contributed by atoms with van der Waals surface area (Å²) in [5.41, 5.74) is 2.47. The van der Waals surface area contributed by atoms with Gasteiger partial charge in [0.2, 0.25) is 0 Å². The van der Waals surface area contributed by atoms with Crippen molar-refractivity contribution in [3.63, 3.8) is 0 Å². The normalized spacial score (nSPS) is 20.4. The second kappa shape index (κ2) is 13.7. The first-order valence-corrected chi connectivity index (χ1v) is 14.5. The van der Waals surface area contributed by atoms with Crippen molar-refractivity contribution in [2.24, 2.45) is 14.7 Å². The largest absolute Gasteiger partial charge is 0.494 e. The zero-order chi connectivity index (χ0) is 24.3. The van der Waals surface area contributed by atoms with E-state index in [1.807, 2.05) is 12.1 Å². The number of ether oxygens (including phenoxy) is 1. The van der Waals surface area contributed by atoms with Gasteiger partial charge >= 0.3 is 0 Å². The van der Waals surface area contributed by atoms with Crippen molar-refractivity contribution in [2.75, 3.05) is 38.5 Å². The molecule has 0 bridgehead atoms. The Labute approximate surface area is 214 Å². The number of nitrogens with one attached hydrogen (secondary N) is 2. The average Bonchev–Trinajstić information content (AvgIpc) is 3.48. The van der Waals surface area contributed by atoms with Crippen LogP contribution >= 0.6 is 11.8 Å². The molecule has 2 N–H and O–H groups in total. The molecule has 0 radical (unpaired) electrons. The van der Waals surface area contributed by atoms with Gasteiger partial charge in [0.15, 0.2) is 11.7 Å². The van der Waals surface area contributed by atoms with Crippen molar-refractivity contribution in [1.82, 2.24) is 15.5 Å². The lowest BCUT2D eigenvalue weighted by molar-refractivity contribution is 0.176. The number of rotatable bonds is 12. The Morgan fingerprint density at radius 1 is 1.20 bits per heavy atom. The highest BCUT2D eigenvalue weighted by Gasteiger charge is 2.18. The van der Waals surface area contributed by atoms with E-state index in [4.69, 9.17) is 9.15 Å². The Kier molecular flexibility index (Phi) is 10.1. The first-order chi connectivity index (χ1) is 17.2. The van der Waals surface area contributed by atoms with E-state index in [1.54, 1.807) is 24.3 Å². The lowest BCUT2D eigenvalue weighted by Crippen LogP contribution is -2.40. The van der Waals surface area contributed by atoms with Gasteiger partial charge in [-0.05, 0) is 55.5 Å². The molecule has 0 amide bonds. The molecule has 2 aliphatic rings. The number of amidine groups is 2. The summed E-state index contributed by atoms with van der Waals surface area (Å²) in [7, 11) is 0. The smallest absolute Gasteiger partial charge is 0.269 e. The zero-order valence-electron chi connectivity index (χ0n) is 20.3. The summed E-state index contributed by atoms with van der Waals surface area (Å²) in [5, 5.41) is 6.47. The van der Waals surface area contributed by atoms with E-state index in [1.165, 1.54) is 37.1 Å². The Morgan fingerprint density at radius 2 is 2.06 bits per heavy atom. The molecule has 2 unspecified atom stereocenters. The fourth-order valence-electron chi connectivity index (χ4n) is 4.19. The van der Waals surface area contributed by atoms with Crippen molar-refractivity contribution in [2.45, 2.75) is 38.5 Å². The zero-order valence-corrected chi connectivity index (χ0v) is 21.9. The SMILES string of the molecule is CC1CCCN(Cc2cccc(OCCCNC3=NS(=O)N=C3NCCSCc3ccoc3)c2)C1. The molecule has 0 aliphatic carbocycles. The Bertz CT molecular complexity index is 1010. The third-order valence-electron chi connectivity index (χ3n) is 5.88. The molecule has 2 atom stereocenters. The second-order valence-electron chi connectivity index (χ2n) is 8.98. The summed E-state index contributed by atoms with van der Waals surface area (Å²) in [5.74, 6) is 4.60. The molecule has 1 fully saturated rings. The fourth-order valence-corrected chi connectivity index (χ4v) is 5.64. The Balaban J connectivity index is 1.11. The van der Waals surface area contributed by atoms with Gasteiger partial charge < -0.3 is 19.8 Å². The number of hydrogen-bond donors (Lipinski definition) is 2. The number of benzene rings is 1. The van der Waals surface area contributed by atoms with E-state index in [0.717, 1.165) is 42.7 Å². The van der Waals surface area contributed by atoms with Crippen LogP contribution in [0.4, 0.5) is 0 Å². The van der Waals surface area contributed by atoms with Crippen molar-refractivity contribution in [1.29, 1.82) is 0 Å². The van der Waals surface area contributed by atoms with E-state index in [-0.39, 0.29) is 0 Å². The van der Waals surface area contributed by atoms with E-state index in [2.05, 4.69) is 49.5 Å². The molecule has 1 aromatic carbocycles. The molecule has 3 heterocycles. The topological polar surface area (TPSA) is 91.5 Å². The number of piperidine rings is 1. The molecule has 1 aromatic heterocycles. The third kappa shape index (κ3) is 8.70. The molecule has 0 spiro atoms. The lowest BCUT2D eigenvalue weighted by Gasteiger charge is -2.30. The third-order valence-corrected chi connectivity index (χ3v) is 7.59. The minimum Gasteiger partial charge on any atom is -0.494 e. The average molecular weight is 518 g/mol. The Hall–Kier alpha value is -2.30. The van der Waals surface area contributed by atoms with Crippen LogP contribution in [0.15, 0.2) is 56.1 Å². The van der Waals surface area contributed by atoms with Crippen LogP contribution in [0, 0.1) is 5.92 Å². The highest BCUT2D eigenvalue weighted by molar-refractivity contribution is 7.98. The molecule has 10 heteroatoms. The van der Waals surface area contributed by atoms with Gasteiger partial charge in [0.05, 0.1) is 19.1 Å². The van der Waals surface area contributed by atoms with Gasteiger partial charge in [0.25, 0.3) is 11.2 Å². The predicted molar refractivity (Wildman–Crippen MR) is 144 cm³/mol. The summed E-state index contributed by atoms with van der Waals surface area (Å²) in [6, 6.07) is 10.4. The predicted octanol–water partition coefficient (Wildman–Crippen LogP) is 3.78. The Morgan fingerprint density at radius 3 is 2.86 bits per heavy atom. The van der Waals surface area contributed by atoms with Gasteiger partial charge in [-0.25, -0.2) is 4.21 Å². The number of furan rings is 1. The summed E-state index contributed by atoms with van der Waals surface area (Å²) >= 11 is 0.233. The number of hydrogen-bond acceptors (Lipinski definition) is 7. The molecular formula is C25H35N5O3S2. The maximum Gasteiger partial charge on any atom is 0.269 e. The molecular weight excluding hydrogens is 482 g/mol. The molecule has 4 rings (SSSR count). The van der Waals surface area contributed by atoms with E-state index >= 15 is 0 Å². The molecule has 35 heavy (non-hydrogen) atoms. The standard InChI is InChI=1S/C25H35N5O3S2/c1-20-5-3-11-30(16-20)17-21-6-2-7-23(15-21)33-12-4-9-26-24-25(29-35(31)28-24)27-10-14-34-19-22-8-13-32-18-22/h2,6-8,13,15,18,20H,3-5,9-12,14,16-17,19H2,1H3,(H,26,28)(H,27,29). The van der Waals surface area contributed by atoms with E-state index in [0.29, 0.717) is 24.8 Å². The lowest BCUT2D eigenvalue weighted by atomic mass is 10.00. The number of likely N-dealkylation sites (tertiary alicyclic amines) is 1. The highest BCUT2D eigenvalue weighted by Crippen LogP contribution is 2.20.